The molecule has 8 heteroatoms. The van der Waals surface area contributed by atoms with Crippen molar-refractivity contribution in [3.63, 3.8) is 0 Å². The number of aryl methyl sites for hydroxylation is 1. The molecular weight excluding hydrogens is 400 g/mol. The van der Waals surface area contributed by atoms with E-state index >= 15 is 0 Å². The van der Waals surface area contributed by atoms with Gasteiger partial charge in [0.15, 0.2) is 11.5 Å². The van der Waals surface area contributed by atoms with Crippen molar-refractivity contribution < 1.29 is 5.11 Å². The van der Waals surface area contributed by atoms with Gasteiger partial charge in [-0.1, -0.05) is 18.5 Å². The maximum absolute atomic E-state index is 10.0. The summed E-state index contributed by atoms with van der Waals surface area (Å²) < 4.78 is 0. The second kappa shape index (κ2) is 8.10. The molecule has 3 heterocycles. The number of nitrogens with zero attached hydrogens (tertiary/aromatic N) is 5. The molecule has 2 aromatic heterocycles. The molecule has 4 rings (SSSR count). The molecule has 3 N–H and O–H groups in total. The molecule has 1 saturated carbocycles. The van der Waals surface area contributed by atoms with Gasteiger partial charge < -0.3 is 15.7 Å². The van der Waals surface area contributed by atoms with Gasteiger partial charge in [-0.2, -0.15) is 5.26 Å². The molecule has 1 spiro atoms. The van der Waals surface area contributed by atoms with Crippen LogP contribution in [0.25, 0.3) is 11.3 Å². The highest BCUT2D eigenvalue weighted by atomic mass is 35.5. The quantitative estimate of drug-likeness (QED) is 0.774. The molecule has 158 valence electrons. The van der Waals surface area contributed by atoms with Gasteiger partial charge in [-0.15, -0.1) is 0 Å². The number of aromatic nitrogens is 3. The second-order valence-corrected chi connectivity index (χ2v) is 8.99. The molecule has 0 bridgehead atoms. The molecule has 1 aliphatic heterocycles. The summed E-state index contributed by atoms with van der Waals surface area (Å²) in [5.41, 5.74) is 9.30. The highest BCUT2D eigenvalue weighted by Gasteiger charge is 2.46. The van der Waals surface area contributed by atoms with Gasteiger partial charge >= 0.3 is 0 Å². The lowest BCUT2D eigenvalue weighted by molar-refractivity contribution is 0.185. The van der Waals surface area contributed by atoms with E-state index in [4.69, 9.17) is 22.3 Å². The fraction of sp³-hybridized carbons (Fsp3) is 0.545. The van der Waals surface area contributed by atoms with Crippen LogP contribution in [0, 0.1) is 29.6 Å². The minimum absolute atomic E-state index is 0.147. The lowest BCUT2D eigenvalue weighted by Crippen LogP contribution is -2.48. The summed E-state index contributed by atoms with van der Waals surface area (Å²) >= 11 is 6.36. The number of pyridine rings is 1. The third-order valence-electron chi connectivity index (χ3n) is 7.00. The van der Waals surface area contributed by atoms with Crippen molar-refractivity contribution in [3.8, 4) is 17.3 Å². The van der Waals surface area contributed by atoms with E-state index in [0.717, 1.165) is 31.7 Å². The lowest BCUT2D eigenvalue weighted by atomic mass is 9.73. The molecule has 2 atom stereocenters. The summed E-state index contributed by atoms with van der Waals surface area (Å²) in [6, 6.07) is 3.96. The van der Waals surface area contributed by atoms with Crippen molar-refractivity contribution in [1.29, 1.82) is 5.26 Å². The van der Waals surface area contributed by atoms with Gasteiger partial charge in [-0.3, -0.25) is 0 Å². The van der Waals surface area contributed by atoms with Crippen LogP contribution in [0.3, 0.4) is 0 Å². The number of aliphatic hydroxyl groups is 1. The number of piperidine rings is 1. The predicted molar refractivity (Wildman–Crippen MR) is 116 cm³/mol. The summed E-state index contributed by atoms with van der Waals surface area (Å²) in [6.45, 7) is 5.62. The van der Waals surface area contributed by atoms with Crippen molar-refractivity contribution in [2.45, 2.75) is 52.2 Å². The molecule has 0 aromatic carbocycles. The van der Waals surface area contributed by atoms with Gasteiger partial charge in [-0.25, -0.2) is 15.0 Å². The topological polar surface area (TPSA) is 112 Å². The van der Waals surface area contributed by atoms with Crippen LogP contribution in [-0.2, 0) is 6.61 Å². The first-order valence-electron chi connectivity index (χ1n) is 10.4. The van der Waals surface area contributed by atoms with Crippen molar-refractivity contribution in [3.05, 3.63) is 34.4 Å². The second-order valence-electron chi connectivity index (χ2n) is 8.61. The third-order valence-corrected chi connectivity index (χ3v) is 7.38. The fourth-order valence-corrected chi connectivity index (χ4v) is 5.32. The minimum Gasteiger partial charge on any atom is -0.390 e. The maximum Gasteiger partial charge on any atom is 0.159 e. The number of halogens is 1. The summed E-state index contributed by atoms with van der Waals surface area (Å²) in [5, 5.41) is 19.5. The van der Waals surface area contributed by atoms with E-state index in [0.29, 0.717) is 28.6 Å². The Hall–Kier alpha value is -2.27. The average molecular weight is 427 g/mol. The highest BCUT2D eigenvalue weighted by Crippen LogP contribution is 2.48. The molecule has 2 aromatic rings. The Morgan fingerprint density at radius 3 is 2.67 bits per heavy atom. The Balaban J connectivity index is 1.64. The van der Waals surface area contributed by atoms with Crippen LogP contribution in [0.2, 0.25) is 5.02 Å². The van der Waals surface area contributed by atoms with Gasteiger partial charge in [0.2, 0.25) is 0 Å². The zero-order chi connectivity index (χ0) is 21.5. The number of anilines is 1. The van der Waals surface area contributed by atoms with Crippen molar-refractivity contribution >= 4 is 17.4 Å². The van der Waals surface area contributed by atoms with Crippen LogP contribution in [0.1, 0.15) is 49.7 Å². The van der Waals surface area contributed by atoms with Gasteiger partial charge in [0.05, 0.1) is 23.0 Å². The van der Waals surface area contributed by atoms with E-state index in [9.17, 15) is 10.4 Å². The predicted octanol–water partition coefficient (Wildman–Crippen LogP) is 3.21. The number of hydrogen-bond acceptors (Lipinski definition) is 7. The van der Waals surface area contributed by atoms with Crippen LogP contribution < -0.4 is 10.6 Å². The average Bonchev–Trinajstić information content (AvgIpc) is 3.03. The van der Waals surface area contributed by atoms with E-state index in [1.165, 1.54) is 19.0 Å². The third kappa shape index (κ3) is 3.43. The molecule has 7 nitrogen and oxygen atoms in total. The molecule has 0 amide bonds. The summed E-state index contributed by atoms with van der Waals surface area (Å²) in [6.07, 6.45) is 6.00. The first-order valence-corrected chi connectivity index (χ1v) is 10.8. The normalized spacial score (nSPS) is 23.0. The number of rotatable bonds is 3. The maximum atomic E-state index is 10.0. The highest BCUT2D eigenvalue weighted by molar-refractivity contribution is 6.34. The van der Waals surface area contributed by atoms with E-state index < -0.39 is 0 Å². The van der Waals surface area contributed by atoms with E-state index in [2.05, 4.69) is 21.8 Å². The molecule has 2 aliphatic rings. The Labute approximate surface area is 181 Å². The van der Waals surface area contributed by atoms with E-state index in [1.54, 1.807) is 6.07 Å². The van der Waals surface area contributed by atoms with Crippen molar-refractivity contribution in [2.24, 2.45) is 17.1 Å². The molecule has 1 aliphatic carbocycles. The number of nitriles is 1. The SMILES string of the molecule is Cc1nc(N2CCC3(CC[C@@H](C)[C@H]3N)CC2)c(CO)nc1-c1ccnc(C#N)c1Cl. The molecule has 30 heavy (non-hydrogen) atoms. The molecular formula is C22H27ClN6O. The van der Waals surface area contributed by atoms with E-state index in [1.807, 2.05) is 13.0 Å². The summed E-state index contributed by atoms with van der Waals surface area (Å²) in [4.78, 5) is 15.7. The van der Waals surface area contributed by atoms with Crippen molar-refractivity contribution in [1.82, 2.24) is 15.0 Å². The molecule has 0 unspecified atom stereocenters. The number of nitrogens with two attached hydrogens (primary N) is 1. The van der Waals surface area contributed by atoms with Gasteiger partial charge in [-0.05, 0) is 50.0 Å². The Morgan fingerprint density at radius 2 is 2.07 bits per heavy atom. The van der Waals surface area contributed by atoms with Crippen LogP contribution >= 0.6 is 11.6 Å². The van der Waals surface area contributed by atoms with Gasteiger partial charge in [0, 0.05) is 30.9 Å². The van der Waals surface area contributed by atoms with Crippen LogP contribution in [0.4, 0.5) is 5.82 Å². The number of aliphatic hydroxyl groups excluding tert-OH is 1. The smallest absolute Gasteiger partial charge is 0.159 e. The van der Waals surface area contributed by atoms with Gasteiger partial charge in [0.25, 0.3) is 0 Å². The largest absolute Gasteiger partial charge is 0.390 e. The van der Waals surface area contributed by atoms with Crippen LogP contribution in [0.5, 0.6) is 0 Å². The molecule has 0 radical (unpaired) electrons. The zero-order valence-electron chi connectivity index (χ0n) is 17.4. The Kier molecular flexibility index (Phi) is 5.67. The number of hydrogen-bond donors (Lipinski definition) is 2. The van der Waals surface area contributed by atoms with Crippen molar-refractivity contribution in [2.75, 3.05) is 18.0 Å². The summed E-state index contributed by atoms with van der Waals surface area (Å²) in [7, 11) is 0. The van der Waals surface area contributed by atoms with Gasteiger partial charge in [0.1, 0.15) is 11.8 Å². The monoisotopic (exact) mass is 426 g/mol. The zero-order valence-corrected chi connectivity index (χ0v) is 18.2. The first kappa shape index (κ1) is 21.0. The van der Waals surface area contributed by atoms with Crippen LogP contribution in [-0.4, -0.2) is 39.2 Å². The standard InChI is InChI=1S/C22H27ClN6O/c1-13-3-5-22(20(13)25)6-9-29(10-7-22)21-17(12-30)28-19(14(2)27-21)15-4-8-26-16(11-24)18(15)23/h4,8,13,20,30H,3,5-7,9-10,12,25H2,1-2H3/t13-,20-/m1/s1. The molecule has 2 fully saturated rings. The van der Waals surface area contributed by atoms with E-state index in [-0.39, 0.29) is 28.8 Å². The molecule has 1 saturated heterocycles. The lowest BCUT2D eigenvalue weighted by Gasteiger charge is -2.43. The van der Waals surface area contributed by atoms with Crippen LogP contribution in [0.15, 0.2) is 12.3 Å². The summed E-state index contributed by atoms with van der Waals surface area (Å²) in [5.74, 6) is 1.30. The Morgan fingerprint density at radius 1 is 1.33 bits per heavy atom. The Bertz CT molecular complexity index is 996. The minimum atomic E-state index is -0.221. The fourth-order valence-electron chi connectivity index (χ4n) is 5.07. The first-order chi connectivity index (χ1) is 14.4.